The van der Waals surface area contributed by atoms with Crippen LogP contribution in [0.15, 0.2) is 48.8 Å². The largest absolute Gasteiger partial charge is 0.477 e. The van der Waals surface area contributed by atoms with Crippen molar-refractivity contribution >= 4 is 16.7 Å². The van der Waals surface area contributed by atoms with Gasteiger partial charge in [-0.05, 0) is 17.5 Å². The second-order valence-corrected chi connectivity index (χ2v) is 4.00. The van der Waals surface area contributed by atoms with Crippen molar-refractivity contribution in [1.29, 1.82) is 0 Å². The Kier molecular flexibility index (Phi) is 2.34. The van der Waals surface area contributed by atoms with Gasteiger partial charge in [0.15, 0.2) is 0 Å². The van der Waals surface area contributed by atoms with E-state index in [1.807, 2.05) is 24.3 Å². The summed E-state index contributed by atoms with van der Waals surface area (Å²) in [4.78, 5) is 17.9. The lowest BCUT2D eigenvalue weighted by Gasteiger charge is -2.03. The molecule has 1 aromatic carbocycles. The van der Waals surface area contributed by atoms with Crippen molar-refractivity contribution in [3.63, 3.8) is 0 Å². The van der Waals surface area contributed by atoms with Gasteiger partial charge in [-0.25, -0.2) is 4.79 Å². The highest BCUT2D eigenvalue weighted by atomic mass is 16.4. The smallest absolute Gasteiger partial charge is 0.352 e. The number of carbonyl (C=O) groups is 1. The zero-order valence-electron chi connectivity index (χ0n) is 9.42. The zero-order chi connectivity index (χ0) is 12.5. The molecule has 0 radical (unpaired) electrons. The predicted octanol–water partition coefficient (Wildman–Crippen LogP) is 2.93. The molecule has 0 unspecified atom stereocenters. The number of aromatic amines is 1. The van der Waals surface area contributed by atoms with Crippen molar-refractivity contribution in [2.75, 3.05) is 0 Å². The van der Waals surface area contributed by atoms with E-state index in [1.54, 1.807) is 24.5 Å². The van der Waals surface area contributed by atoms with E-state index >= 15 is 0 Å². The molecule has 0 spiro atoms. The van der Waals surface area contributed by atoms with Crippen LogP contribution in [0.4, 0.5) is 0 Å². The molecule has 4 heteroatoms. The molecule has 0 bridgehead atoms. The highest BCUT2D eigenvalue weighted by Crippen LogP contribution is 2.26. The maximum absolute atomic E-state index is 10.9. The third-order valence-electron chi connectivity index (χ3n) is 2.87. The molecule has 0 aliphatic carbocycles. The minimum absolute atomic E-state index is 0.179. The van der Waals surface area contributed by atoms with Crippen LogP contribution in [0.5, 0.6) is 0 Å². The summed E-state index contributed by atoms with van der Waals surface area (Å²) in [6, 6.07) is 11.2. The molecule has 3 rings (SSSR count). The molecular weight excluding hydrogens is 228 g/mol. The summed E-state index contributed by atoms with van der Waals surface area (Å²) >= 11 is 0. The number of hydrogen-bond acceptors (Lipinski definition) is 2. The number of H-pyrrole nitrogens is 1. The van der Waals surface area contributed by atoms with Gasteiger partial charge in [0.25, 0.3) is 0 Å². The summed E-state index contributed by atoms with van der Waals surface area (Å²) < 4.78 is 0. The Balaban J connectivity index is 2.21. The highest BCUT2D eigenvalue weighted by Gasteiger charge is 2.09. The number of benzene rings is 1. The molecule has 0 amide bonds. The molecule has 0 aliphatic heterocycles. The molecule has 0 atom stereocenters. The number of nitrogens with one attached hydrogen (secondary N) is 1. The SMILES string of the molecule is O=C(O)c1ccc(-c2cncc3ccccc23)[nH]1. The first-order valence-corrected chi connectivity index (χ1v) is 5.51. The molecule has 2 N–H and O–H groups in total. The molecule has 2 aromatic heterocycles. The molecule has 2 heterocycles. The first kappa shape index (κ1) is 10.5. The number of nitrogens with zero attached hydrogens (tertiary/aromatic N) is 1. The molecule has 3 aromatic rings. The lowest BCUT2D eigenvalue weighted by Crippen LogP contribution is -1.95. The summed E-state index contributed by atoms with van der Waals surface area (Å²) in [5.41, 5.74) is 1.84. The number of carboxylic acid groups (broad SMARTS) is 1. The van der Waals surface area contributed by atoms with E-state index in [4.69, 9.17) is 5.11 Å². The Bertz CT molecular complexity index is 726. The molecule has 0 saturated heterocycles. The minimum atomic E-state index is -0.963. The van der Waals surface area contributed by atoms with Gasteiger partial charge in [-0.3, -0.25) is 4.98 Å². The van der Waals surface area contributed by atoms with Crippen LogP contribution >= 0.6 is 0 Å². The van der Waals surface area contributed by atoms with Gasteiger partial charge >= 0.3 is 5.97 Å². The van der Waals surface area contributed by atoms with Crippen molar-refractivity contribution in [2.24, 2.45) is 0 Å². The van der Waals surface area contributed by atoms with Crippen LogP contribution < -0.4 is 0 Å². The van der Waals surface area contributed by atoms with E-state index in [2.05, 4.69) is 9.97 Å². The van der Waals surface area contributed by atoms with Crippen LogP contribution in [-0.2, 0) is 0 Å². The average Bonchev–Trinajstić information content (AvgIpc) is 2.87. The first-order valence-electron chi connectivity index (χ1n) is 5.51. The van der Waals surface area contributed by atoms with Gasteiger partial charge in [0.05, 0.1) is 0 Å². The standard InChI is InChI=1S/C14H10N2O2/c17-14(18)13-6-5-12(16-13)11-8-15-7-9-3-1-2-4-10(9)11/h1-8,16H,(H,17,18). The molecule has 0 aliphatic rings. The van der Waals surface area contributed by atoms with E-state index < -0.39 is 5.97 Å². The average molecular weight is 238 g/mol. The number of rotatable bonds is 2. The van der Waals surface area contributed by atoms with Crippen molar-refractivity contribution in [3.8, 4) is 11.3 Å². The Morgan fingerprint density at radius 2 is 1.94 bits per heavy atom. The van der Waals surface area contributed by atoms with Gasteiger partial charge in [0.2, 0.25) is 0 Å². The van der Waals surface area contributed by atoms with Gasteiger partial charge < -0.3 is 10.1 Å². The van der Waals surface area contributed by atoms with E-state index in [9.17, 15) is 4.79 Å². The fourth-order valence-corrected chi connectivity index (χ4v) is 2.01. The maximum Gasteiger partial charge on any atom is 0.352 e. The van der Waals surface area contributed by atoms with E-state index in [0.717, 1.165) is 22.0 Å². The summed E-state index contributed by atoms with van der Waals surface area (Å²) in [6.45, 7) is 0. The number of carboxylic acids is 1. The quantitative estimate of drug-likeness (QED) is 0.721. The predicted molar refractivity (Wildman–Crippen MR) is 68.5 cm³/mol. The highest BCUT2D eigenvalue weighted by molar-refractivity contribution is 5.96. The molecule has 88 valence electrons. The fourth-order valence-electron chi connectivity index (χ4n) is 2.01. The summed E-state index contributed by atoms with van der Waals surface area (Å²) in [5.74, 6) is -0.963. The molecule has 0 saturated carbocycles. The van der Waals surface area contributed by atoms with Gasteiger partial charge in [-0.15, -0.1) is 0 Å². The van der Waals surface area contributed by atoms with Gasteiger partial charge in [0, 0.05) is 29.0 Å². The van der Waals surface area contributed by atoms with Crippen LogP contribution in [-0.4, -0.2) is 21.0 Å². The third-order valence-corrected chi connectivity index (χ3v) is 2.87. The Hall–Kier alpha value is -2.62. The van der Waals surface area contributed by atoms with Gasteiger partial charge in [-0.2, -0.15) is 0 Å². The summed E-state index contributed by atoms with van der Waals surface area (Å²) in [7, 11) is 0. The van der Waals surface area contributed by atoms with Crippen molar-refractivity contribution in [3.05, 3.63) is 54.5 Å². The van der Waals surface area contributed by atoms with E-state index in [0.29, 0.717) is 0 Å². The third kappa shape index (κ3) is 1.64. The molecule has 18 heavy (non-hydrogen) atoms. The number of pyridine rings is 1. The van der Waals surface area contributed by atoms with Gasteiger partial charge in [0.1, 0.15) is 5.69 Å². The molecular formula is C14H10N2O2. The maximum atomic E-state index is 10.9. The minimum Gasteiger partial charge on any atom is -0.477 e. The van der Waals surface area contributed by atoms with Crippen LogP contribution in [0.1, 0.15) is 10.5 Å². The molecule has 0 fully saturated rings. The lowest BCUT2D eigenvalue weighted by molar-refractivity contribution is 0.0691. The summed E-state index contributed by atoms with van der Waals surface area (Å²) in [5, 5.41) is 11.0. The van der Waals surface area contributed by atoms with E-state index in [-0.39, 0.29) is 5.69 Å². The van der Waals surface area contributed by atoms with Crippen LogP contribution in [0.25, 0.3) is 22.0 Å². The van der Waals surface area contributed by atoms with Crippen molar-refractivity contribution in [2.45, 2.75) is 0 Å². The first-order chi connectivity index (χ1) is 8.75. The zero-order valence-corrected chi connectivity index (χ0v) is 9.42. The Labute approximate surface area is 103 Å². The monoisotopic (exact) mass is 238 g/mol. The lowest BCUT2D eigenvalue weighted by atomic mass is 10.1. The second kappa shape index (κ2) is 4.00. The van der Waals surface area contributed by atoms with Crippen LogP contribution in [0.2, 0.25) is 0 Å². The fraction of sp³-hybridized carbons (Fsp3) is 0. The number of fused-ring (bicyclic) bond motifs is 1. The van der Waals surface area contributed by atoms with Crippen LogP contribution in [0.3, 0.4) is 0 Å². The molecule has 4 nitrogen and oxygen atoms in total. The normalized spacial score (nSPS) is 10.7. The van der Waals surface area contributed by atoms with Crippen molar-refractivity contribution < 1.29 is 9.90 Å². The topological polar surface area (TPSA) is 66.0 Å². The summed E-state index contributed by atoms with van der Waals surface area (Å²) in [6.07, 6.45) is 3.53. The Morgan fingerprint density at radius 3 is 2.72 bits per heavy atom. The van der Waals surface area contributed by atoms with Gasteiger partial charge in [-0.1, -0.05) is 24.3 Å². The number of aromatic carboxylic acids is 1. The Morgan fingerprint density at radius 1 is 1.11 bits per heavy atom. The van der Waals surface area contributed by atoms with Crippen molar-refractivity contribution in [1.82, 2.24) is 9.97 Å². The van der Waals surface area contributed by atoms with Crippen LogP contribution in [0, 0.1) is 0 Å². The number of aromatic nitrogens is 2. The van der Waals surface area contributed by atoms with E-state index in [1.165, 1.54) is 0 Å². The number of hydrogen-bond donors (Lipinski definition) is 2. The second-order valence-electron chi connectivity index (χ2n) is 4.00.